The van der Waals surface area contributed by atoms with Gasteiger partial charge in [-0.05, 0) is 37.5 Å². The molecule has 2 saturated carbocycles. The van der Waals surface area contributed by atoms with Gasteiger partial charge in [0.05, 0.1) is 5.92 Å². The summed E-state index contributed by atoms with van der Waals surface area (Å²) in [5.74, 6) is 1.30. The molecule has 0 atom stereocenters. The molecule has 0 aromatic carbocycles. The monoisotopic (exact) mass is 266 g/mol. The Morgan fingerprint density at radius 2 is 1.26 bits per heavy atom. The summed E-state index contributed by atoms with van der Waals surface area (Å²) in [4.78, 5) is 12.0. The molecule has 2 rings (SSSR count). The highest BCUT2D eigenvalue weighted by Crippen LogP contribution is 2.37. The van der Waals surface area contributed by atoms with Crippen molar-refractivity contribution in [1.82, 2.24) is 0 Å². The van der Waals surface area contributed by atoms with Crippen molar-refractivity contribution in [3.63, 3.8) is 0 Å². The summed E-state index contributed by atoms with van der Waals surface area (Å²) in [6, 6.07) is 0. The minimum Gasteiger partial charge on any atom is -0.462 e. The number of carbonyl (C=O) groups excluding carboxylic acids is 1. The minimum atomic E-state index is 0.00896. The van der Waals surface area contributed by atoms with Crippen molar-refractivity contribution in [3.8, 4) is 0 Å². The largest absolute Gasteiger partial charge is 0.462 e. The zero-order valence-corrected chi connectivity index (χ0v) is 12.7. The lowest BCUT2D eigenvalue weighted by molar-refractivity contribution is -0.161. The highest BCUT2D eigenvalue weighted by Gasteiger charge is 2.34. The minimum absolute atomic E-state index is 0.00896. The molecule has 0 heterocycles. The van der Waals surface area contributed by atoms with Crippen LogP contribution in [0.5, 0.6) is 0 Å². The fraction of sp³-hybridized carbons (Fsp3) is 0.941. The van der Waals surface area contributed by atoms with Crippen LogP contribution in [-0.2, 0) is 9.53 Å². The number of carbonyl (C=O) groups is 1. The highest BCUT2D eigenvalue weighted by molar-refractivity contribution is 5.71. The quantitative estimate of drug-likeness (QED) is 0.688. The number of rotatable bonds is 4. The standard InChI is InChI=1S/C17H30O2/c1-13(2)17(18)19-16(14-9-5-3-6-10-14)15-11-7-4-8-12-15/h13-16H,3-12H2,1-2H3. The lowest BCUT2D eigenvalue weighted by Crippen LogP contribution is -2.37. The molecule has 0 aliphatic heterocycles. The van der Waals surface area contributed by atoms with Crippen molar-refractivity contribution < 1.29 is 9.53 Å². The number of ether oxygens (including phenoxy) is 1. The van der Waals surface area contributed by atoms with E-state index in [1.54, 1.807) is 0 Å². The van der Waals surface area contributed by atoms with Crippen LogP contribution in [0.15, 0.2) is 0 Å². The highest BCUT2D eigenvalue weighted by atomic mass is 16.5. The molecule has 0 radical (unpaired) electrons. The normalized spacial score (nSPS) is 22.9. The molecular formula is C17H30O2. The lowest BCUT2D eigenvalue weighted by Gasteiger charge is -2.37. The molecule has 0 N–H and O–H groups in total. The Labute approximate surface area is 118 Å². The zero-order chi connectivity index (χ0) is 13.7. The second-order valence-electron chi connectivity index (χ2n) is 6.85. The van der Waals surface area contributed by atoms with Gasteiger partial charge in [0, 0.05) is 0 Å². The van der Waals surface area contributed by atoms with E-state index in [9.17, 15) is 4.79 Å². The van der Waals surface area contributed by atoms with Crippen molar-refractivity contribution in [2.24, 2.45) is 17.8 Å². The van der Waals surface area contributed by atoms with Crippen molar-refractivity contribution in [2.45, 2.75) is 84.2 Å². The molecule has 0 spiro atoms. The Balaban J connectivity index is 2.00. The van der Waals surface area contributed by atoms with Crippen LogP contribution in [0.2, 0.25) is 0 Å². The predicted molar refractivity (Wildman–Crippen MR) is 77.9 cm³/mol. The Kier molecular flexibility index (Phi) is 5.72. The summed E-state index contributed by atoms with van der Waals surface area (Å²) in [7, 11) is 0. The first-order chi connectivity index (χ1) is 9.18. The fourth-order valence-corrected chi connectivity index (χ4v) is 3.77. The Morgan fingerprint density at radius 3 is 1.63 bits per heavy atom. The van der Waals surface area contributed by atoms with Gasteiger partial charge in [-0.25, -0.2) is 0 Å². The molecular weight excluding hydrogens is 236 g/mol. The van der Waals surface area contributed by atoms with E-state index in [2.05, 4.69) is 0 Å². The van der Waals surface area contributed by atoms with Gasteiger partial charge in [0.15, 0.2) is 0 Å². The van der Waals surface area contributed by atoms with Gasteiger partial charge in [0.25, 0.3) is 0 Å². The Hall–Kier alpha value is -0.530. The van der Waals surface area contributed by atoms with Crippen LogP contribution in [0.3, 0.4) is 0 Å². The second kappa shape index (κ2) is 7.31. The number of hydrogen-bond acceptors (Lipinski definition) is 2. The van der Waals surface area contributed by atoms with Crippen LogP contribution in [0.4, 0.5) is 0 Å². The summed E-state index contributed by atoms with van der Waals surface area (Å²) in [5, 5.41) is 0. The lowest BCUT2D eigenvalue weighted by atomic mass is 9.75. The first-order valence-corrected chi connectivity index (χ1v) is 8.39. The van der Waals surface area contributed by atoms with E-state index >= 15 is 0 Å². The summed E-state index contributed by atoms with van der Waals surface area (Å²) in [5.41, 5.74) is 0. The molecule has 0 amide bonds. The van der Waals surface area contributed by atoms with E-state index in [-0.39, 0.29) is 18.0 Å². The van der Waals surface area contributed by atoms with E-state index in [1.165, 1.54) is 64.2 Å². The SMILES string of the molecule is CC(C)C(=O)OC(C1CCCCC1)C1CCCCC1. The van der Waals surface area contributed by atoms with Crippen LogP contribution < -0.4 is 0 Å². The van der Waals surface area contributed by atoms with Crippen molar-refractivity contribution in [1.29, 1.82) is 0 Å². The smallest absolute Gasteiger partial charge is 0.308 e. The van der Waals surface area contributed by atoms with E-state index in [1.807, 2.05) is 13.8 Å². The molecule has 110 valence electrons. The van der Waals surface area contributed by atoms with Gasteiger partial charge in [-0.15, -0.1) is 0 Å². The van der Waals surface area contributed by atoms with Gasteiger partial charge < -0.3 is 4.74 Å². The third-order valence-corrected chi connectivity index (χ3v) is 4.95. The molecule has 2 aliphatic rings. The number of esters is 1. The zero-order valence-electron chi connectivity index (χ0n) is 12.7. The maximum Gasteiger partial charge on any atom is 0.308 e. The van der Waals surface area contributed by atoms with Gasteiger partial charge in [0.1, 0.15) is 6.10 Å². The molecule has 2 fully saturated rings. The molecule has 0 aromatic heterocycles. The average Bonchev–Trinajstić information content (AvgIpc) is 2.46. The third kappa shape index (κ3) is 4.22. The van der Waals surface area contributed by atoms with Crippen LogP contribution in [-0.4, -0.2) is 12.1 Å². The van der Waals surface area contributed by atoms with E-state index in [0.29, 0.717) is 11.8 Å². The summed E-state index contributed by atoms with van der Waals surface area (Å²) in [6.45, 7) is 3.89. The van der Waals surface area contributed by atoms with Crippen molar-refractivity contribution in [2.75, 3.05) is 0 Å². The molecule has 19 heavy (non-hydrogen) atoms. The van der Waals surface area contributed by atoms with Crippen LogP contribution in [0.1, 0.15) is 78.1 Å². The molecule has 0 bridgehead atoms. The molecule has 2 heteroatoms. The van der Waals surface area contributed by atoms with Gasteiger partial charge >= 0.3 is 5.97 Å². The molecule has 0 saturated heterocycles. The Bertz CT molecular complexity index is 255. The first kappa shape index (κ1) is 14.9. The second-order valence-corrected chi connectivity index (χ2v) is 6.85. The third-order valence-electron chi connectivity index (χ3n) is 4.95. The summed E-state index contributed by atoms with van der Waals surface area (Å²) < 4.78 is 5.95. The van der Waals surface area contributed by atoms with Gasteiger partial charge in [-0.3, -0.25) is 4.79 Å². The van der Waals surface area contributed by atoms with Gasteiger partial charge in [-0.2, -0.15) is 0 Å². The van der Waals surface area contributed by atoms with Gasteiger partial charge in [-0.1, -0.05) is 52.4 Å². The van der Waals surface area contributed by atoms with Crippen LogP contribution in [0.25, 0.3) is 0 Å². The molecule has 2 aliphatic carbocycles. The predicted octanol–water partition coefficient (Wildman–Crippen LogP) is 4.71. The maximum atomic E-state index is 12.0. The van der Waals surface area contributed by atoms with Crippen LogP contribution in [0, 0.1) is 17.8 Å². The van der Waals surface area contributed by atoms with Crippen molar-refractivity contribution >= 4 is 5.97 Å². The van der Waals surface area contributed by atoms with Crippen LogP contribution >= 0.6 is 0 Å². The van der Waals surface area contributed by atoms with E-state index < -0.39 is 0 Å². The van der Waals surface area contributed by atoms with E-state index in [4.69, 9.17) is 4.74 Å². The summed E-state index contributed by atoms with van der Waals surface area (Å²) in [6.07, 6.45) is 13.3. The van der Waals surface area contributed by atoms with E-state index in [0.717, 1.165) is 0 Å². The Morgan fingerprint density at radius 1 is 0.842 bits per heavy atom. The molecule has 0 unspecified atom stereocenters. The number of hydrogen-bond donors (Lipinski definition) is 0. The average molecular weight is 266 g/mol. The van der Waals surface area contributed by atoms with Gasteiger partial charge in [0.2, 0.25) is 0 Å². The summed E-state index contributed by atoms with van der Waals surface area (Å²) >= 11 is 0. The van der Waals surface area contributed by atoms with Crippen molar-refractivity contribution in [3.05, 3.63) is 0 Å². The maximum absolute atomic E-state index is 12.0. The first-order valence-electron chi connectivity index (χ1n) is 8.39. The molecule has 0 aromatic rings. The topological polar surface area (TPSA) is 26.3 Å². The fourth-order valence-electron chi connectivity index (χ4n) is 3.77. The molecule has 2 nitrogen and oxygen atoms in total.